The summed E-state index contributed by atoms with van der Waals surface area (Å²) in [4.78, 5) is 12.5. The summed E-state index contributed by atoms with van der Waals surface area (Å²) >= 11 is 0. The Labute approximate surface area is 234 Å². The first-order valence-corrected chi connectivity index (χ1v) is 13.2. The van der Waals surface area contributed by atoms with Gasteiger partial charge in [0.05, 0.1) is 19.1 Å². The van der Waals surface area contributed by atoms with Crippen molar-refractivity contribution >= 4 is 16.9 Å². The molecular formula is C32H36FNO6. The average molecular weight is 550 g/mol. The number of furan rings is 1. The second-order valence-electron chi connectivity index (χ2n) is 9.93. The molecule has 0 saturated heterocycles. The third-order valence-electron chi connectivity index (χ3n) is 6.49. The molecule has 0 saturated carbocycles. The Hall–Kier alpha value is -3.72. The van der Waals surface area contributed by atoms with E-state index >= 15 is 0 Å². The Balaban J connectivity index is 1.64. The number of hydrogen-bond donors (Lipinski definition) is 1. The van der Waals surface area contributed by atoms with Crippen molar-refractivity contribution in [2.75, 3.05) is 27.5 Å². The lowest BCUT2D eigenvalue weighted by Crippen LogP contribution is -2.21. The Bertz CT molecular complexity index is 1450. The molecule has 7 nitrogen and oxygen atoms in total. The Morgan fingerprint density at radius 1 is 1.02 bits per heavy atom. The van der Waals surface area contributed by atoms with Gasteiger partial charge in [-0.2, -0.15) is 0 Å². The second-order valence-corrected chi connectivity index (χ2v) is 9.93. The number of benzene rings is 3. The maximum absolute atomic E-state index is 13.3. The molecule has 4 rings (SSSR count). The van der Waals surface area contributed by atoms with Crippen LogP contribution in [0.25, 0.3) is 22.1 Å². The zero-order valence-electron chi connectivity index (χ0n) is 23.4. The first-order chi connectivity index (χ1) is 19.3. The normalized spacial score (nSPS) is 12.8. The number of carbonyl (C=O) groups excluding carboxylic acids is 1. The highest BCUT2D eigenvalue weighted by Crippen LogP contribution is 2.34. The fraction of sp³-hybridized carbons (Fsp3) is 0.344. The summed E-state index contributed by atoms with van der Waals surface area (Å²) in [6.45, 7) is 4.02. The molecule has 0 aliphatic rings. The van der Waals surface area contributed by atoms with Gasteiger partial charge in [0.15, 0.2) is 0 Å². The van der Waals surface area contributed by atoms with Crippen LogP contribution in [0.1, 0.15) is 41.0 Å². The SMILES string of the molecule is COCc1cc2cc(COc3cc(C)ccc3CC(=O)OC(C)COC)cc(-c3cccc(C(N)CF)c3)c2o1. The van der Waals surface area contributed by atoms with Gasteiger partial charge in [0.1, 0.15) is 43.1 Å². The Morgan fingerprint density at radius 2 is 1.85 bits per heavy atom. The number of methoxy groups -OCH3 is 2. The predicted molar refractivity (Wildman–Crippen MR) is 152 cm³/mol. The largest absolute Gasteiger partial charge is 0.489 e. The first kappa shape index (κ1) is 29.3. The number of nitrogens with two attached hydrogens (primary N) is 1. The summed E-state index contributed by atoms with van der Waals surface area (Å²) in [5.41, 5.74) is 11.7. The van der Waals surface area contributed by atoms with E-state index in [2.05, 4.69) is 0 Å². The van der Waals surface area contributed by atoms with Gasteiger partial charge in [-0.05, 0) is 66.4 Å². The molecule has 4 aromatic rings. The molecule has 3 aromatic carbocycles. The number of hydrogen-bond acceptors (Lipinski definition) is 7. The molecular weight excluding hydrogens is 513 g/mol. The second kappa shape index (κ2) is 13.6. The fourth-order valence-corrected chi connectivity index (χ4v) is 4.60. The molecule has 0 aliphatic heterocycles. The highest BCUT2D eigenvalue weighted by molar-refractivity contribution is 5.93. The van der Waals surface area contributed by atoms with Crippen LogP contribution in [0.4, 0.5) is 4.39 Å². The molecule has 0 fully saturated rings. The van der Waals surface area contributed by atoms with Crippen molar-refractivity contribution in [3.8, 4) is 16.9 Å². The van der Waals surface area contributed by atoms with Crippen LogP contribution in [0.3, 0.4) is 0 Å². The van der Waals surface area contributed by atoms with Crippen molar-refractivity contribution in [2.45, 2.75) is 45.6 Å². The van der Waals surface area contributed by atoms with E-state index in [4.69, 9.17) is 29.1 Å². The minimum atomic E-state index is -0.702. The van der Waals surface area contributed by atoms with Crippen molar-refractivity contribution in [3.63, 3.8) is 0 Å². The van der Waals surface area contributed by atoms with Gasteiger partial charge in [-0.3, -0.25) is 4.79 Å². The van der Waals surface area contributed by atoms with Crippen LogP contribution in [0.5, 0.6) is 5.75 Å². The van der Waals surface area contributed by atoms with Crippen molar-refractivity contribution in [1.29, 1.82) is 0 Å². The van der Waals surface area contributed by atoms with E-state index in [-0.39, 0.29) is 25.1 Å². The molecule has 0 spiro atoms. The standard InChI is InChI=1S/C32H36FNO6/c1-20-8-9-25(15-31(35)39-21(2)17-36-3)30(10-20)38-18-22-11-26-14-27(19-37-4)40-32(26)28(12-22)23-6-5-7-24(13-23)29(34)16-33/h5-14,21,29H,15-19,34H2,1-4H3. The van der Waals surface area contributed by atoms with E-state index in [0.29, 0.717) is 35.9 Å². The minimum absolute atomic E-state index is 0.0810. The number of aryl methyl sites for hydroxylation is 1. The van der Waals surface area contributed by atoms with E-state index in [1.165, 1.54) is 0 Å². The molecule has 8 heteroatoms. The van der Waals surface area contributed by atoms with Crippen molar-refractivity contribution in [1.82, 2.24) is 0 Å². The van der Waals surface area contributed by atoms with Gasteiger partial charge in [-0.25, -0.2) is 4.39 Å². The molecule has 1 heterocycles. The topological polar surface area (TPSA) is 93.2 Å². The summed E-state index contributed by atoms with van der Waals surface area (Å²) < 4.78 is 41.5. The minimum Gasteiger partial charge on any atom is -0.489 e. The zero-order valence-corrected chi connectivity index (χ0v) is 23.4. The van der Waals surface area contributed by atoms with Crippen molar-refractivity contribution in [2.24, 2.45) is 5.73 Å². The zero-order chi connectivity index (χ0) is 28.6. The molecule has 2 atom stereocenters. The van der Waals surface area contributed by atoms with Crippen LogP contribution in [-0.2, 0) is 38.6 Å². The maximum atomic E-state index is 13.3. The number of fused-ring (bicyclic) bond motifs is 1. The molecule has 0 bridgehead atoms. The first-order valence-electron chi connectivity index (χ1n) is 13.2. The number of rotatable bonds is 13. The number of esters is 1. The molecule has 2 unspecified atom stereocenters. The molecule has 0 radical (unpaired) electrons. The van der Waals surface area contributed by atoms with Gasteiger partial charge in [-0.1, -0.05) is 30.3 Å². The number of halogens is 1. The van der Waals surface area contributed by atoms with Crippen molar-refractivity contribution < 1.29 is 32.5 Å². The van der Waals surface area contributed by atoms with E-state index in [0.717, 1.165) is 33.2 Å². The molecule has 0 amide bonds. The Kier molecular flexibility index (Phi) is 9.93. The highest BCUT2D eigenvalue weighted by atomic mass is 19.1. The van der Waals surface area contributed by atoms with Crippen LogP contribution >= 0.6 is 0 Å². The monoisotopic (exact) mass is 549 g/mol. The van der Waals surface area contributed by atoms with Gasteiger partial charge >= 0.3 is 5.97 Å². The summed E-state index contributed by atoms with van der Waals surface area (Å²) in [5, 5.41) is 0.892. The fourth-order valence-electron chi connectivity index (χ4n) is 4.60. The number of alkyl halides is 1. The number of ether oxygens (including phenoxy) is 4. The summed E-state index contributed by atoms with van der Waals surface area (Å²) in [6.07, 6.45) is -0.258. The van der Waals surface area contributed by atoms with E-state index in [1.807, 2.05) is 67.6 Å². The Morgan fingerprint density at radius 3 is 2.60 bits per heavy atom. The lowest BCUT2D eigenvalue weighted by atomic mass is 9.97. The van der Waals surface area contributed by atoms with Gasteiger partial charge in [0.25, 0.3) is 0 Å². The number of carbonyl (C=O) groups is 1. The third kappa shape index (κ3) is 7.27. The van der Waals surface area contributed by atoms with Gasteiger partial charge in [0.2, 0.25) is 0 Å². The average Bonchev–Trinajstić information content (AvgIpc) is 3.35. The summed E-state index contributed by atoms with van der Waals surface area (Å²) in [7, 11) is 3.18. The van der Waals surface area contributed by atoms with Crippen LogP contribution in [0, 0.1) is 6.92 Å². The smallest absolute Gasteiger partial charge is 0.310 e. The lowest BCUT2D eigenvalue weighted by molar-refractivity contribution is -0.149. The lowest BCUT2D eigenvalue weighted by Gasteiger charge is -2.15. The molecule has 212 valence electrons. The molecule has 1 aromatic heterocycles. The summed E-state index contributed by atoms with van der Waals surface area (Å²) in [5.74, 6) is 0.953. The van der Waals surface area contributed by atoms with Gasteiger partial charge in [-0.15, -0.1) is 0 Å². The van der Waals surface area contributed by atoms with E-state index < -0.39 is 12.7 Å². The summed E-state index contributed by atoms with van der Waals surface area (Å²) in [6, 6.07) is 18.5. The molecule has 40 heavy (non-hydrogen) atoms. The van der Waals surface area contributed by atoms with E-state index in [1.54, 1.807) is 21.1 Å². The molecule has 0 aliphatic carbocycles. The highest BCUT2D eigenvalue weighted by Gasteiger charge is 2.17. The van der Waals surface area contributed by atoms with Crippen molar-refractivity contribution in [3.05, 3.63) is 88.7 Å². The van der Waals surface area contributed by atoms with Crippen LogP contribution < -0.4 is 10.5 Å². The van der Waals surface area contributed by atoms with E-state index in [9.17, 15) is 9.18 Å². The predicted octanol–water partition coefficient (Wildman–Crippen LogP) is 6.22. The van der Waals surface area contributed by atoms with Crippen LogP contribution in [-0.4, -0.2) is 39.6 Å². The third-order valence-corrected chi connectivity index (χ3v) is 6.49. The molecule has 2 N–H and O–H groups in total. The van der Waals surface area contributed by atoms with Crippen LogP contribution in [0.15, 0.2) is 65.1 Å². The van der Waals surface area contributed by atoms with Crippen LogP contribution in [0.2, 0.25) is 0 Å². The van der Waals surface area contributed by atoms with Gasteiger partial charge < -0.3 is 29.1 Å². The maximum Gasteiger partial charge on any atom is 0.310 e. The van der Waals surface area contributed by atoms with Gasteiger partial charge in [0, 0.05) is 30.7 Å². The quantitative estimate of drug-likeness (QED) is 0.198.